The van der Waals surface area contributed by atoms with Gasteiger partial charge in [0.15, 0.2) is 0 Å². The summed E-state index contributed by atoms with van der Waals surface area (Å²) >= 11 is 0. The summed E-state index contributed by atoms with van der Waals surface area (Å²) in [6, 6.07) is 0. The van der Waals surface area contributed by atoms with Crippen LogP contribution < -0.4 is 0 Å². The third-order valence-corrected chi connectivity index (χ3v) is 1.94. The minimum atomic E-state index is -0.166. The molecule has 0 heterocycles. The van der Waals surface area contributed by atoms with E-state index >= 15 is 0 Å². The van der Waals surface area contributed by atoms with Crippen LogP contribution in [0.4, 0.5) is 0 Å². The lowest BCUT2D eigenvalue weighted by Gasteiger charge is -2.25. The van der Waals surface area contributed by atoms with Crippen LogP contribution in [0.1, 0.15) is 47.5 Å². The fourth-order valence-corrected chi connectivity index (χ4v) is 1.51. The summed E-state index contributed by atoms with van der Waals surface area (Å²) in [6.07, 6.45) is 1.22. The minimum Gasteiger partial charge on any atom is -0.466 e. The van der Waals surface area contributed by atoms with Crippen LogP contribution in [-0.2, 0) is 14.3 Å². The summed E-state index contributed by atoms with van der Waals surface area (Å²) in [5.41, 5.74) is 0.173. The van der Waals surface area contributed by atoms with Gasteiger partial charge in [0.25, 0.3) is 0 Å². The predicted molar refractivity (Wildman–Crippen MR) is 60.7 cm³/mol. The first-order chi connectivity index (χ1) is 6.89. The SMILES string of the molecule is CCOC(=O)CC(CC(C)(C)C)OCC. The predicted octanol–water partition coefficient (Wildman–Crippen LogP) is 2.78. The number of hydrogen-bond acceptors (Lipinski definition) is 3. The molecule has 0 saturated carbocycles. The van der Waals surface area contributed by atoms with Gasteiger partial charge in [-0.1, -0.05) is 20.8 Å². The summed E-state index contributed by atoms with van der Waals surface area (Å²) in [4.78, 5) is 11.3. The monoisotopic (exact) mass is 216 g/mol. The molecule has 0 rings (SSSR count). The molecule has 0 aromatic carbocycles. The smallest absolute Gasteiger partial charge is 0.308 e. The van der Waals surface area contributed by atoms with Crippen molar-refractivity contribution in [3.8, 4) is 0 Å². The van der Waals surface area contributed by atoms with Crippen molar-refractivity contribution in [2.75, 3.05) is 13.2 Å². The molecule has 0 aliphatic heterocycles. The van der Waals surface area contributed by atoms with E-state index < -0.39 is 0 Å². The number of rotatable bonds is 6. The third kappa shape index (κ3) is 8.43. The van der Waals surface area contributed by atoms with Crippen molar-refractivity contribution >= 4 is 5.97 Å². The molecule has 3 heteroatoms. The van der Waals surface area contributed by atoms with Gasteiger partial charge < -0.3 is 9.47 Å². The molecule has 0 aliphatic rings. The van der Waals surface area contributed by atoms with E-state index in [4.69, 9.17) is 9.47 Å². The number of hydrogen-bond donors (Lipinski definition) is 0. The second-order valence-corrected chi connectivity index (χ2v) is 4.85. The first-order valence-electron chi connectivity index (χ1n) is 5.66. The zero-order valence-electron chi connectivity index (χ0n) is 10.6. The minimum absolute atomic E-state index is 0.0194. The van der Waals surface area contributed by atoms with Crippen LogP contribution in [0.5, 0.6) is 0 Å². The van der Waals surface area contributed by atoms with Gasteiger partial charge in [-0.15, -0.1) is 0 Å². The number of ether oxygens (including phenoxy) is 2. The Kier molecular flexibility index (Phi) is 6.57. The van der Waals surface area contributed by atoms with Gasteiger partial charge in [-0.3, -0.25) is 4.79 Å². The quantitative estimate of drug-likeness (QED) is 0.640. The molecule has 0 fully saturated rings. The van der Waals surface area contributed by atoms with Crippen molar-refractivity contribution in [2.45, 2.75) is 53.6 Å². The van der Waals surface area contributed by atoms with Crippen LogP contribution in [0.15, 0.2) is 0 Å². The van der Waals surface area contributed by atoms with Gasteiger partial charge in [0.1, 0.15) is 0 Å². The van der Waals surface area contributed by atoms with Crippen LogP contribution in [0.25, 0.3) is 0 Å². The highest BCUT2D eigenvalue weighted by Crippen LogP contribution is 2.24. The van der Waals surface area contributed by atoms with Gasteiger partial charge in [0, 0.05) is 6.61 Å². The molecular weight excluding hydrogens is 192 g/mol. The molecule has 0 aliphatic carbocycles. The van der Waals surface area contributed by atoms with Crippen molar-refractivity contribution in [1.29, 1.82) is 0 Å². The van der Waals surface area contributed by atoms with Gasteiger partial charge in [-0.05, 0) is 25.7 Å². The molecule has 0 spiro atoms. The van der Waals surface area contributed by atoms with Gasteiger partial charge >= 0.3 is 5.97 Å². The zero-order valence-corrected chi connectivity index (χ0v) is 10.6. The first-order valence-corrected chi connectivity index (χ1v) is 5.66. The molecule has 0 aromatic heterocycles. The van der Waals surface area contributed by atoms with Crippen molar-refractivity contribution in [2.24, 2.45) is 5.41 Å². The lowest BCUT2D eigenvalue weighted by molar-refractivity contribution is -0.146. The van der Waals surface area contributed by atoms with E-state index in [0.717, 1.165) is 6.42 Å². The number of carbonyl (C=O) groups excluding carboxylic acids is 1. The zero-order chi connectivity index (χ0) is 11.9. The first kappa shape index (κ1) is 14.4. The van der Waals surface area contributed by atoms with Crippen LogP contribution in [0.3, 0.4) is 0 Å². The molecule has 1 unspecified atom stereocenters. The molecule has 90 valence electrons. The van der Waals surface area contributed by atoms with Crippen LogP contribution in [-0.4, -0.2) is 25.3 Å². The lowest BCUT2D eigenvalue weighted by atomic mass is 9.88. The van der Waals surface area contributed by atoms with Crippen molar-refractivity contribution in [3.63, 3.8) is 0 Å². The molecule has 0 radical (unpaired) electrons. The van der Waals surface area contributed by atoms with Crippen molar-refractivity contribution < 1.29 is 14.3 Å². The second-order valence-electron chi connectivity index (χ2n) is 4.85. The molecule has 0 amide bonds. The van der Waals surface area contributed by atoms with Gasteiger partial charge in [-0.25, -0.2) is 0 Å². The maximum Gasteiger partial charge on any atom is 0.308 e. The summed E-state index contributed by atoms with van der Waals surface area (Å²) in [6.45, 7) is 11.3. The molecule has 1 atom stereocenters. The molecule has 0 aromatic rings. The van der Waals surface area contributed by atoms with E-state index in [-0.39, 0.29) is 17.5 Å². The van der Waals surface area contributed by atoms with E-state index in [1.54, 1.807) is 0 Å². The Morgan fingerprint density at radius 2 is 1.80 bits per heavy atom. The lowest BCUT2D eigenvalue weighted by Crippen LogP contribution is -2.25. The van der Waals surface area contributed by atoms with E-state index in [1.165, 1.54) is 0 Å². The second kappa shape index (κ2) is 6.83. The van der Waals surface area contributed by atoms with Crippen molar-refractivity contribution in [3.05, 3.63) is 0 Å². The fourth-order valence-electron chi connectivity index (χ4n) is 1.51. The van der Waals surface area contributed by atoms with Gasteiger partial charge in [-0.2, -0.15) is 0 Å². The standard InChI is InChI=1S/C12H24O3/c1-6-14-10(9-12(3,4)5)8-11(13)15-7-2/h10H,6-9H2,1-5H3. The summed E-state index contributed by atoms with van der Waals surface area (Å²) < 4.78 is 10.4. The Balaban J connectivity index is 4.09. The molecule has 0 bridgehead atoms. The van der Waals surface area contributed by atoms with Crippen LogP contribution >= 0.6 is 0 Å². The molecule has 0 saturated heterocycles. The van der Waals surface area contributed by atoms with Crippen LogP contribution in [0.2, 0.25) is 0 Å². The maximum atomic E-state index is 11.3. The molecule has 15 heavy (non-hydrogen) atoms. The molecule has 0 N–H and O–H groups in total. The Hall–Kier alpha value is -0.570. The van der Waals surface area contributed by atoms with E-state index in [0.29, 0.717) is 19.6 Å². The van der Waals surface area contributed by atoms with Crippen LogP contribution in [0, 0.1) is 5.41 Å². The average Bonchev–Trinajstić information content (AvgIpc) is 2.01. The topological polar surface area (TPSA) is 35.5 Å². The summed E-state index contributed by atoms with van der Waals surface area (Å²) in [7, 11) is 0. The van der Waals surface area contributed by atoms with Crippen molar-refractivity contribution in [1.82, 2.24) is 0 Å². The third-order valence-electron chi connectivity index (χ3n) is 1.94. The van der Waals surface area contributed by atoms with Gasteiger partial charge in [0.05, 0.1) is 19.1 Å². The van der Waals surface area contributed by atoms with Gasteiger partial charge in [0.2, 0.25) is 0 Å². The Morgan fingerprint density at radius 3 is 2.20 bits per heavy atom. The molecule has 3 nitrogen and oxygen atoms in total. The summed E-state index contributed by atoms with van der Waals surface area (Å²) in [5.74, 6) is -0.166. The van der Waals surface area contributed by atoms with E-state index in [9.17, 15) is 4.79 Å². The highest BCUT2D eigenvalue weighted by Gasteiger charge is 2.21. The Bertz CT molecular complexity index is 182. The highest BCUT2D eigenvalue weighted by atomic mass is 16.5. The van der Waals surface area contributed by atoms with E-state index in [1.807, 2.05) is 13.8 Å². The normalized spacial score (nSPS) is 13.7. The highest BCUT2D eigenvalue weighted by molar-refractivity contribution is 5.69. The summed E-state index contributed by atoms with van der Waals surface area (Å²) in [5, 5.41) is 0. The van der Waals surface area contributed by atoms with E-state index in [2.05, 4.69) is 20.8 Å². The Labute approximate surface area is 93.1 Å². The number of carbonyl (C=O) groups is 1. The Morgan fingerprint density at radius 1 is 1.20 bits per heavy atom. The number of esters is 1. The largest absolute Gasteiger partial charge is 0.466 e. The molecular formula is C12H24O3. The fraction of sp³-hybridized carbons (Fsp3) is 0.917. The average molecular weight is 216 g/mol. The maximum absolute atomic E-state index is 11.3.